The Morgan fingerprint density at radius 2 is 0.585 bits per heavy atom. The van der Waals surface area contributed by atoms with Gasteiger partial charge in [-0.3, -0.25) is 15.0 Å². The zero-order valence-corrected chi connectivity index (χ0v) is 27.3. The van der Waals surface area contributed by atoms with Crippen LogP contribution in [0.1, 0.15) is 45.0 Å². The lowest BCUT2D eigenvalue weighted by Crippen LogP contribution is -2.20. The smallest absolute Gasteiger partial charge is 0.200 e. The van der Waals surface area contributed by atoms with Gasteiger partial charge in [0.1, 0.15) is 0 Å². The number of hydrogen-bond acceptors (Lipinski definition) is 3. The van der Waals surface area contributed by atoms with Crippen molar-refractivity contribution in [3.05, 3.63) is 218 Å². The van der Waals surface area contributed by atoms with Crippen LogP contribution >= 0.6 is 0 Å². The molecule has 7 nitrogen and oxygen atoms in total. The van der Waals surface area contributed by atoms with E-state index in [0.29, 0.717) is 33.2 Å². The Morgan fingerprint density at radius 3 is 0.925 bits per heavy atom. The molecule has 53 heavy (non-hydrogen) atoms. The maximum absolute atomic E-state index is 15.7. The summed E-state index contributed by atoms with van der Waals surface area (Å²) in [4.78, 5) is 26.2. The number of nitrogens with zero attached hydrogens (tertiary/aromatic N) is 3. The molecule has 4 N–H and O–H groups in total. The van der Waals surface area contributed by atoms with Crippen LogP contribution in [0.15, 0.2) is 122 Å². The Balaban J connectivity index is 1.47. The molecule has 8 aromatic rings. The molecular formula is C41H24F5N7. The second kappa shape index (κ2) is 12.6. The second-order valence-electron chi connectivity index (χ2n) is 12.3. The van der Waals surface area contributed by atoms with Gasteiger partial charge in [-0.25, -0.2) is 22.0 Å². The summed E-state index contributed by atoms with van der Waals surface area (Å²) in [6, 6.07) is 25.3. The quantitative estimate of drug-likeness (QED) is 0.115. The molecule has 7 aromatic heterocycles. The number of halogens is 5. The number of pyridine rings is 3. The lowest BCUT2D eigenvalue weighted by molar-refractivity contribution is 0.376. The lowest BCUT2D eigenvalue weighted by atomic mass is 10.00. The fourth-order valence-corrected chi connectivity index (χ4v) is 6.91. The Hall–Kier alpha value is -7.08. The summed E-state index contributed by atoms with van der Waals surface area (Å²) in [5.74, 6) is -10.3. The van der Waals surface area contributed by atoms with Gasteiger partial charge in [0.05, 0.1) is 5.56 Å². The van der Waals surface area contributed by atoms with Crippen LogP contribution in [-0.2, 0) is 0 Å². The summed E-state index contributed by atoms with van der Waals surface area (Å²) < 4.78 is 75.6. The highest BCUT2D eigenvalue weighted by Crippen LogP contribution is 2.32. The lowest BCUT2D eigenvalue weighted by Gasteiger charge is -2.12. The summed E-state index contributed by atoms with van der Waals surface area (Å²) >= 11 is 0. The molecule has 8 bridgehead atoms. The minimum absolute atomic E-state index is 0.0960. The standard InChI is InChI=1S/C41H24F5N7/c42-37-36(38(43)40(45)41(46)39(37)44)35-30-7-5-28(52-30)33(22-11-17-48-18-12-22)26-3-1-24(50-26)32(21-9-15-47-16-10-21)25-2-4-27(51-25)34(23-13-19-49-20-14-23)29-6-8-31(35)53-29/h1-20,50-53H. The highest BCUT2D eigenvalue weighted by molar-refractivity contribution is 5.84. The third kappa shape index (κ3) is 5.30. The number of fused-ring (bicyclic) bond motifs is 8. The number of rotatable bonds is 4. The first-order valence-corrected chi connectivity index (χ1v) is 16.4. The van der Waals surface area contributed by atoms with Crippen LogP contribution in [0.3, 0.4) is 0 Å². The number of aromatic amines is 4. The fourth-order valence-electron chi connectivity index (χ4n) is 6.91. The fraction of sp³-hybridized carbons (Fsp3) is 0. The van der Waals surface area contributed by atoms with Crippen LogP contribution in [-0.4, -0.2) is 34.9 Å². The molecule has 1 aromatic carbocycles. The molecule has 0 radical (unpaired) electrons. The molecule has 1 aliphatic rings. The first kappa shape index (κ1) is 31.9. The summed E-state index contributed by atoms with van der Waals surface area (Å²) in [7, 11) is 0. The Morgan fingerprint density at radius 1 is 0.302 bits per heavy atom. The average molecular weight is 710 g/mol. The number of nitrogens with one attached hydrogen (secondary N) is 4. The normalized spacial score (nSPS) is 12.8. The molecule has 12 heteroatoms. The topological polar surface area (TPSA) is 102 Å². The highest BCUT2D eigenvalue weighted by Gasteiger charge is 2.30. The average Bonchev–Trinajstić information content (AvgIpc) is 4.04. The SMILES string of the molecule is Fc1c(F)c(F)c(C2=c3ccc([nH]3)=C(c3ccncc3)c3ccc([nH]3)C(c3ccncc3)=c3ccc([nH]3)=C(c3ccncc3)c3ccc2[nH]3)c(F)c1F. The van der Waals surface area contributed by atoms with Crippen LogP contribution in [0.4, 0.5) is 22.0 Å². The van der Waals surface area contributed by atoms with Crippen LogP contribution in [0.2, 0.25) is 0 Å². The van der Waals surface area contributed by atoms with E-state index in [2.05, 4.69) is 34.9 Å². The van der Waals surface area contributed by atoms with Gasteiger partial charge in [0.2, 0.25) is 5.82 Å². The van der Waals surface area contributed by atoms with E-state index in [1.54, 1.807) is 61.4 Å². The van der Waals surface area contributed by atoms with E-state index in [1.165, 1.54) is 0 Å². The molecule has 0 aliphatic carbocycles. The number of H-pyrrole nitrogens is 4. The van der Waals surface area contributed by atoms with E-state index in [1.807, 2.05) is 60.7 Å². The van der Waals surface area contributed by atoms with Crippen molar-refractivity contribution in [3.63, 3.8) is 0 Å². The predicted octanol–water partition coefficient (Wildman–Crippen LogP) is 5.18. The molecule has 0 atom stereocenters. The van der Waals surface area contributed by atoms with Crippen molar-refractivity contribution < 1.29 is 22.0 Å². The van der Waals surface area contributed by atoms with Crippen molar-refractivity contribution in [2.45, 2.75) is 0 Å². The number of aromatic nitrogens is 7. The van der Waals surface area contributed by atoms with Gasteiger partial charge in [-0.2, -0.15) is 0 Å². The van der Waals surface area contributed by atoms with Crippen molar-refractivity contribution in [1.82, 2.24) is 34.9 Å². The van der Waals surface area contributed by atoms with Crippen molar-refractivity contribution in [1.29, 1.82) is 0 Å². The third-order valence-corrected chi connectivity index (χ3v) is 9.27. The van der Waals surface area contributed by atoms with Gasteiger partial charge in [-0.05, 0) is 102 Å². The molecule has 0 saturated heterocycles. The summed E-state index contributed by atoms with van der Waals surface area (Å²) in [6.45, 7) is 0. The Kier molecular flexibility index (Phi) is 7.58. The zero-order chi connectivity index (χ0) is 36.2. The molecule has 0 spiro atoms. The van der Waals surface area contributed by atoms with Gasteiger partial charge < -0.3 is 19.9 Å². The number of hydrogen-bond donors (Lipinski definition) is 4. The molecule has 9 rings (SSSR count). The van der Waals surface area contributed by atoms with E-state index < -0.39 is 34.6 Å². The predicted molar refractivity (Wildman–Crippen MR) is 187 cm³/mol. The van der Waals surface area contributed by atoms with Crippen LogP contribution < -0.4 is 21.4 Å². The maximum atomic E-state index is 15.7. The molecule has 8 heterocycles. The van der Waals surface area contributed by atoms with E-state index in [-0.39, 0.29) is 16.6 Å². The second-order valence-corrected chi connectivity index (χ2v) is 12.3. The molecule has 1 aliphatic heterocycles. The first-order valence-electron chi connectivity index (χ1n) is 16.4. The van der Waals surface area contributed by atoms with E-state index in [0.717, 1.165) is 33.3 Å². The first-order chi connectivity index (χ1) is 25.9. The molecule has 0 saturated carbocycles. The van der Waals surface area contributed by atoms with Gasteiger partial charge in [0, 0.05) is 104 Å². The minimum Gasteiger partial charge on any atom is -0.354 e. The van der Waals surface area contributed by atoms with E-state index in [9.17, 15) is 13.2 Å². The van der Waals surface area contributed by atoms with Gasteiger partial charge in [-0.1, -0.05) is 0 Å². The van der Waals surface area contributed by atoms with Gasteiger partial charge in [-0.15, -0.1) is 0 Å². The molecular weight excluding hydrogens is 685 g/mol. The highest BCUT2D eigenvalue weighted by atomic mass is 19.2. The molecule has 0 fully saturated rings. The summed E-state index contributed by atoms with van der Waals surface area (Å²) in [5, 5.41) is 2.04. The van der Waals surface area contributed by atoms with Crippen molar-refractivity contribution >= 4 is 22.3 Å². The van der Waals surface area contributed by atoms with Gasteiger partial charge in [0.15, 0.2) is 23.3 Å². The summed E-state index contributed by atoms with van der Waals surface area (Å²) in [5.41, 5.74) is 5.26. The van der Waals surface area contributed by atoms with E-state index >= 15 is 8.78 Å². The third-order valence-electron chi connectivity index (χ3n) is 9.27. The Labute approximate surface area is 296 Å². The molecule has 0 amide bonds. The van der Waals surface area contributed by atoms with Gasteiger partial charge >= 0.3 is 0 Å². The van der Waals surface area contributed by atoms with Crippen molar-refractivity contribution in [2.75, 3.05) is 0 Å². The van der Waals surface area contributed by atoms with Crippen LogP contribution in [0, 0.1) is 29.1 Å². The monoisotopic (exact) mass is 709 g/mol. The van der Waals surface area contributed by atoms with Crippen LogP contribution in [0.25, 0.3) is 22.3 Å². The van der Waals surface area contributed by atoms with E-state index in [4.69, 9.17) is 0 Å². The molecule has 258 valence electrons. The maximum Gasteiger partial charge on any atom is 0.200 e. The van der Waals surface area contributed by atoms with Crippen LogP contribution in [0.5, 0.6) is 0 Å². The van der Waals surface area contributed by atoms with Gasteiger partial charge in [0.25, 0.3) is 0 Å². The number of benzene rings is 1. The minimum atomic E-state index is -2.24. The van der Waals surface area contributed by atoms with Crippen molar-refractivity contribution in [3.8, 4) is 0 Å². The largest absolute Gasteiger partial charge is 0.354 e. The van der Waals surface area contributed by atoms with Crippen molar-refractivity contribution in [2.24, 2.45) is 0 Å². The molecule has 0 unspecified atom stereocenters. The zero-order valence-electron chi connectivity index (χ0n) is 27.3. The Bertz CT molecular complexity index is 2910. The summed E-state index contributed by atoms with van der Waals surface area (Å²) in [6.07, 6.45) is 9.97.